The number of halogens is 1. The average molecular weight is 309 g/mol. The Kier molecular flexibility index (Phi) is 2.85. The van der Waals surface area contributed by atoms with Gasteiger partial charge in [0.25, 0.3) is 5.91 Å². The number of amides is 1. The normalized spacial score (nSPS) is 16.5. The van der Waals surface area contributed by atoms with Crippen molar-refractivity contribution in [2.45, 2.75) is 6.42 Å². The second-order valence-electron chi connectivity index (χ2n) is 2.73. The fourth-order valence-electron chi connectivity index (χ4n) is 1.17. The Morgan fingerprint density at radius 3 is 3.08 bits per heavy atom. The zero-order valence-electron chi connectivity index (χ0n) is 6.83. The summed E-state index contributed by atoms with van der Waals surface area (Å²) in [6.45, 7) is 1.37. The number of nitrogens with zero attached hydrogens (tertiary/aromatic N) is 1. The smallest absolute Gasteiger partial charge is 0.271 e. The molecular weight excluding hydrogens is 301 g/mol. The Morgan fingerprint density at radius 1 is 1.69 bits per heavy atom. The maximum absolute atomic E-state index is 11.7. The van der Waals surface area contributed by atoms with Crippen LogP contribution < -0.4 is 0 Å². The van der Waals surface area contributed by atoms with Crippen LogP contribution >= 0.6 is 33.9 Å². The quantitative estimate of drug-likeness (QED) is 0.744. The highest BCUT2D eigenvalue weighted by Gasteiger charge is 2.21. The second kappa shape index (κ2) is 3.93. The topological polar surface area (TPSA) is 29.5 Å². The molecule has 0 aliphatic carbocycles. The number of hydrogen-bond donors (Lipinski definition) is 0. The highest BCUT2D eigenvalue weighted by Crippen LogP contribution is 2.19. The van der Waals surface area contributed by atoms with Crippen LogP contribution in [0.2, 0.25) is 0 Å². The molecule has 0 bridgehead atoms. The van der Waals surface area contributed by atoms with Gasteiger partial charge < -0.3 is 0 Å². The van der Waals surface area contributed by atoms with Gasteiger partial charge in [-0.2, -0.15) is 0 Å². The number of carbonyl (C=O) groups excluding carboxylic acids is 1. The van der Waals surface area contributed by atoms with Gasteiger partial charge in [-0.3, -0.25) is 9.63 Å². The summed E-state index contributed by atoms with van der Waals surface area (Å²) in [5.41, 5.74) is 0.733. The van der Waals surface area contributed by atoms with Gasteiger partial charge in [0.15, 0.2) is 0 Å². The van der Waals surface area contributed by atoms with Crippen molar-refractivity contribution in [1.82, 2.24) is 5.06 Å². The summed E-state index contributed by atoms with van der Waals surface area (Å²) in [7, 11) is 0. The van der Waals surface area contributed by atoms with Crippen LogP contribution in [0.5, 0.6) is 0 Å². The van der Waals surface area contributed by atoms with Crippen LogP contribution in [0, 0.1) is 2.88 Å². The van der Waals surface area contributed by atoms with Crippen molar-refractivity contribution in [3.05, 3.63) is 19.9 Å². The van der Waals surface area contributed by atoms with Crippen LogP contribution in [-0.2, 0) is 4.84 Å². The summed E-state index contributed by atoms with van der Waals surface area (Å²) < 4.78 is 1.13. The monoisotopic (exact) mass is 309 g/mol. The van der Waals surface area contributed by atoms with E-state index in [0.717, 1.165) is 14.9 Å². The minimum absolute atomic E-state index is 0.0170. The number of carbonyl (C=O) groups is 1. The predicted molar refractivity (Wildman–Crippen MR) is 58.6 cm³/mol. The lowest BCUT2D eigenvalue weighted by molar-refractivity contribution is -0.0768. The first kappa shape index (κ1) is 9.42. The highest BCUT2D eigenvalue weighted by atomic mass is 127. The molecule has 1 fully saturated rings. The maximum atomic E-state index is 11.7. The van der Waals surface area contributed by atoms with Gasteiger partial charge in [-0.1, -0.05) is 0 Å². The van der Waals surface area contributed by atoms with Crippen molar-refractivity contribution in [1.29, 1.82) is 0 Å². The predicted octanol–water partition coefficient (Wildman–Crippen LogP) is 2.13. The molecule has 1 aliphatic heterocycles. The first-order valence-corrected chi connectivity index (χ1v) is 5.92. The molecule has 5 heteroatoms. The van der Waals surface area contributed by atoms with Crippen LogP contribution in [0.15, 0.2) is 11.4 Å². The molecule has 1 aromatic heterocycles. The molecule has 0 unspecified atom stereocenters. The van der Waals surface area contributed by atoms with E-state index < -0.39 is 0 Å². The molecule has 70 valence electrons. The zero-order chi connectivity index (χ0) is 9.26. The van der Waals surface area contributed by atoms with Crippen molar-refractivity contribution in [3.63, 3.8) is 0 Å². The lowest BCUT2D eigenvalue weighted by Gasteiger charge is -2.11. The van der Waals surface area contributed by atoms with Crippen molar-refractivity contribution in [3.8, 4) is 0 Å². The van der Waals surface area contributed by atoms with Gasteiger partial charge in [-0.25, -0.2) is 5.06 Å². The molecule has 3 nitrogen and oxygen atoms in total. The van der Waals surface area contributed by atoms with E-state index in [4.69, 9.17) is 4.84 Å². The van der Waals surface area contributed by atoms with Crippen LogP contribution in [0.3, 0.4) is 0 Å². The van der Waals surface area contributed by atoms with Crippen molar-refractivity contribution in [2.24, 2.45) is 0 Å². The van der Waals surface area contributed by atoms with E-state index in [0.29, 0.717) is 13.2 Å². The Balaban J connectivity index is 2.12. The van der Waals surface area contributed by atoms with E-state index in [9.17, 15) is 4.79 Å². The molecule has 13 heavy (non-hydrogen) atoms. The van der Waals surface area contributed by atoms with E-state index in [2.05, 4.69) is 22.6 Å². The zero-order valence-corrected chi connectivity index (χ0v) is 9.80. The summed E-state index contributed by atoms with van der Waals surface area (Å²) in [6.07, 6.45) is 0.937. The van der Waals surface area contributed by atoms with E-state index >= 15 is 0 Å². The third-order valence-electron chi connectivity index (χ3n) is 1.79. The van der Waals surface area contributed by atoms with Crippen LogP contribution in [-0.4, -0.2) is 24.1 Å². The molecule has 0 spiro atoms. The number of hydroxylamine groups is 2. The maximum Gasteiger partial charge on any atom is 0.278 e. The molecule has 2 heterocycles. The largest absolute Gasteiger partial charge is 0.278 e. The van der Waals surface area contributed by atoms with Crippen molar-refractivity contribution < 1.29 is 9.63 Å². The summed E-state index contributed by atoms with van der Waals surface area (Å²) in [4.78, 5) is 16.8. The second-order valence-corrected chi connectivity index (χ2v) is 5.54. The summed E-state index contributed by atoms with van der Waals surface area (Å²) in [5.74, 6) is -0.0170. The number of hydrogen-bond acceptors (Lipinski definition) is 3. The Hall–Kier alpha value is -0.140. The van der Waals surface area contributed by atoms with E-state index in [1.807, 2.05) is 11.4 Å². The summed E-state index contributed by atoms with van der Waals surface area (Å²) >= 11 is 3.78. The molecule has 1 aromatic rings. The minimum atomic E-state index is -0.0170. The fraction of sp³-hybridized carbons (Fsp3) is 0.375. The molecule has 0 N–H and O–H groups in total. The van der Waals surface area contributed by atoms with E-state index in [1.54, 1.807) is 11.3 Å². The fourth-order valence-corrected chi connectivity index (χ4v) is 2.49. The number of thiophene rings is 1. The van der Waals surface area contributed by atoms with Gasteiger partial charge in [-0.05, 0) is 35.1 Å². The lowest BCUT2D eigenvalue weighted by atomic mass is 10.3. The average Bonchev–Trinajstić information content (AvgIpc) is 2.72. The number of rotatable bonds is 1. The molecule has 0 atom stereocenters. The van der Waals surface area contributed by atoms with Crippen LogP contribution in [0.4, 0.5) is 0 Å². The van der Waals surface area contributed by atoms with Gasteiger partial charge in [0.05, 0.1) is 21.6 Å². The van der Waals surface area contributed by atoms with Gasteiger partial charge in [-0.15, -0.1) is 11.3 Å². The molecular formula is C8H8INO2S. The van der Waals surface area contributed by atoms with Crippen molar-refractivity contribution >= 4 is 39.8 Å². The first-order valence-electron chi connectivity index (χ1n) is 3.96. The lowest BCUT2D eigenvalue weighted by Crippen LogP contribution is -2.25. The van der Waals surface area contributed by atoms with Gasteiger partial charge >= 0.3 is 0 Å². The van der Waals surface area contributed by atoms with Gasteiger partial charge in [0.2, 0.25) is 0 Å². The molecule has 1 amide bonds. The minimum Gasteiger partial charge on any atom is -0.271 e. The SMILES string of the molecule is O=C(c1csc(I)c1)N1CCCO1. The third-order valence-corrected chi connectivity index (χ3v) is 3.58. The Labute approximate surface area is 93.8 Å². The Morgan fingerprint density at radius 2 is 2.54 bits per heavy atom. The molecule has 0 radical (unpaired) electrons. The van der Waals surface area contributed by atoms with Crippen molar-refractivity contribution in [2.75, 3.05) is 13.2 Å². The summed E-state index contributed by atoms with van der Waals surface area (Å²) in [5, 5.41) is 3.31. The van der Waals surface area contributed by atoms with Gasteiger partial charge in [0.1, 0.15) is 0 Å². The molecule has 0 saturated carbocycles. The van der Waals surface area contributed by atoms with E-state index in [1.165, 1.54) is 5.06 Å². The molecule has 0 aromatic carbocycles. The standard InChI is InChI=1S/C8H8INO2S/c9-7-4-6(5-13-7)8(11)10-2-1-3-12-10/h4-5H,1-3H2. The molecule has 1 aliphatic rings. The first-order chi connectivity index (χ1) is 6.27. The molecule has 1 saturated heterocycles. The summed E-state index contributed by atoms with van der Waals surface area (Å²) in [6, 6.07) is 1.88. The van der Waals surface area contributed by atoms with Gasteiger partial charge in [0, 0.05) is 5.38 Å². The van der Waals surface area contributed by atoms with Crippen LogP contribution in [0.1, 0.15) is 16.8 Å². The molecule has 2 rings (SSSR count). The highest BCUT2D eigenvalue weighted by molar-refractivity contribution is 14.1. The third kappa shape index (κ3) is 2.03. The Bertz CT molecular complexity index is 320. The van der Waals surface area contributed by atoms with Crippen LogP contribution in [0.25, 0.3) is 0 Å². The van der Waals surface area contributed by atoms with E-state index in [-0.39, 0.29) is 5.91 Å².